The van der Waals surface area contributed by atoms with Crippen LogP contribution in [0.3, 0.4) is 0 Å². The SMILES string of the molecule is CCC(/C=N\NC(=O)c1ccc(OC(C)C)c(OC)c1)CC. The summed E-state index contributed by atoms with van der Waals surface area (Å²) in [5.41, 5.74) is 3.02. The van der Waals surface area contributed by atoms with Gasteiger partial charge in [-0.15, -0.1) is 0 Å². The van der Waals surface area contributed by atoms with Crippen LogP contribution in [0.25, 0.3) is 0 Å². The fraction of sp³-hybridized carbons (Fsp3) is 0.529. The average molecular weight is 306 g/mol. The van der Waals surface area contributed by atoms with E-state index in [0.29, 0.717) is 23.0 Å². The van der Waals surface area contributed by atoms with Gasteiger partial charge in [-0.1, -0.05) is 13.8 Å². The summed E-state index contributed by atoms with van der Waals surface area (Å²) >= 11 is 0. The second-order valence-corrected chi connectivity index (χ2v) is 5.33. The zero-order valence-corrected chi connectivity index (χ0v) is 14.1. The highest BCUT2D eigenvalue weighted by molar-refractivity contribution is 5.95. The van der Waals surface area contributed by atoms with Gasteiger partial charge in [0.05, 0.1) is 13.2 Å². The fourth-order valence-electron chi connectivity index (χ4n) is 1.93. The first kappa shape index (κ1) is 18.0. The van der Waals surface area contributed by atoms with Gasteiger partial charge >= 0.3 is 0 Å². The van der Waals surface area contributed by atoms with E-state index in [1.165, 1.54) is 0 Å². The van der Waals surface area contributed by atoms with Crippen LogP contribution >= 0.6 is 0 Å². The normalized spacial score (nSPS) is 11.2. The van der Waals surface area contributed by atoms with Crippen LogP contribution in [0.1, 0.15) is 50.9 Å². The predicted molar refractivity (Wildman–Crippen MR) is 88.8 cm³/mol. The van der Waals surface area contributed by atoms with Crippen molar-refractivity contribution in [2.24, 2.45) is 11.0 Å². The molecule has 0 radical (unpaired) electrons. The molecule has 1 rings (SSSR count). The Hall–Kier alpha value is -2.04. The minimum atomic E-state index is -0.267. The van der Waals surface area contributed by atoms with E-state index >= 15 is 0 Å². The molecule has 1 N–H and O–H groups in total. The van der Waals surface area contributed by atoms with Crippen LogP contribution in [-0.2, 0) is 0 Å². The largest absolute Gasteiger partial charge is 0.493 e. The second kappa shape index (κ2) is 9.07. The van der Waals surface area contributed by atoms with Crippen molar-refractivity contribution in [2.75, 3.05) is 7.11 Å². The molecule has 5 nitrogen and oxygen atoms in total. The van der Waals surface area contributed by atoms with Gasteiger partial charge in [0.1, 0.15) is 0 Å². The number of ether oxygens (including phenoxy) is 2. The molecule has 0 bridgehead atoms. The molecule has 1 aromatic rings. The summed E-state index contributed by atoms with van der Waals surface area (Å²) < 4.78 is 10.9. The van der Waals surface area contributed by atoms with Crippen LogP contribution < -0.4 is 14.9 Å². The quantitative estimate of drug-likeness (QED) is 0.589. The minimum Gasteiger partial charge on any atom is -0.493 e. The Morgan fingerprint density at radius 1 is 1.27 bits per heavy atom. The molecule has 0 aromatic heterocycles. The number of hydrogen-bond acceptors (Lipinski definition) is 4. The molecular weight excluding hydrogens is 280 g/mol. The van der Waals surface area contributed by atoms with Crippen LogP contribution in [-0.4, -0.2) is 25.3 Å². The maximum absolute atomic E-state index is 12.1. The number of nitrogens with zero attached hydrogens (tertiary/aromatic N) is 1. The van der Waals surface area contributed by atoms with Crippen molar-refractivity contribution in [2.45, 2.75) is 46.6 Å². The molecule has 0 atom stereocenters. The molecule has 122 valence electrons. The first-order valence-corrected chi connectivity index (χ1v) is 7.69. The van der Waals surface area contributed by atoms with Crippen molar-refractivity contribution < 1.29 is 14.3 Å². The molecular formula is C17H26N2O3. The van der Waals surface area contributed by atoms with Crippen molar-refractivity contribution in [1.29, 1.82) is 0 Å². The molecule has 0 heterocycles. The zero-order chi connectivity index (χ0) is 16.5. The lowest BCUT2D eigenvalue weighted by Crippen LogP contribution is -2.18. The van der Waals surface area contributed by atoms with Gasteiger partial charge in [-0.2, -0.15) is 5.10 Å². The van der Waals surface area contributed by atoms with E-state index in [4.69, 9.17) is 9.47 Å². The van der Waals surface area contributed by atoms with Crippen molar-refractivity contribution >= 4 is 12.1 Å². The molecule has 0 saturated carbocycles. The first-order valence-electron chi connectivity index (χ1n) is 7.69. The van der Waals surface area contributed by atoms with Crippen molar-refractivity contribution in [3.63, 3.8) is 0 Å². The second-order valence-electron chi connectivity index (χ2n) is 5.33. The molecule has 1 aromatic carbocycles. The Bertz CT molecular complexity index is 509. The average Bonchev–Trinajstić information content (AvgIpc) is 2.51. The lowest BCUT2D eigenvalue weighted by molar-refractivity contribution is 0.0954. The van der Waals surface area contributed by atoms with Gasteiger partial charge in [0.25, 0.3) is 5.91 Å². The molecule has 5 heteroatoms. The summed E-state index contributed by atoms with van der Waals surface area (Å²) in [6.07, 6.45) is 3.83. The molecule has 0 aliphatic heterocycles. The number of benzene rings is 1. The lowest BCUT2D eigenvalue weighted by atomic mass is 10.1. The van der Waals surface area contributed by atoms with Crippen molar-refractivity contribution in [1.82, 2.24) is 5.43 Å². The summed E-state index contributed by atoms with van der Waals surface area (Å²) in [7, 11) is 1.55. The summed E-state index contributed by atoms with van der Waals surface area (Å²) in [6.45, 7) is 8.07. The van der Waals surface area contributed by atoms with Crippen LogP contribution in [0.2, 0.25) is 0 Å². The van der Waals surface area contributed by atoms with Gasteiger partial charge in [-0.3, -0.25) is 4.79 Å². The Balaban J connectivity index is 2.77. The van der Waals surface area contributed by atoms with Crippen molar-refractivity contribution in [3.8, 4) is 11.5 Å². The Morgan fingerprint density at radius 3 is 2.50 bits per heavy atom. The van der Waals surface area contributed by atoms with Crippen LogP contribution in [0.15, 0.2) is 23.3 Å². The van der Waals surface area contributed by atoms with E-state index in [1.807, 2.05) is 13.8 Å². The van der Waals surface area contributed by atoms with E-state index < -0.39 is 0 Å². The van der Waals surface area contributed by atoms with Gasteiger partial charge in [0, 0.05) is 11.8 Å². The van der Waals surface area contributed by atoms with E-state index in [2.05, 4.69) is 24.4 Å². The molecule has 0 fully saturated rings. The van der Waals surface area contributed by atoms with Gasteiger partial charge < -0.3 is 9.47 Å². The van der Waals surface area contributed by atoms with Crippen molar-refractivity contribution in [3.05, 3.63) is 23.8 Å². The summed E-state index contributed by atoms with van der Waals surface area (Å²) in [5.74, 6) is 1.27. The van der Waals surface area contributed by atoms with E-state index in [1.54, 1.807) is 31.5 Å². The Morgan fingerprint density at radius 2 is 1.95 bits per heavy atom. The monoisotopic (exact) mass is 306 g/mol. The van der Waals surface area contributed by atoms with Crippen LogP contribution in [0.5, 0.6) is 11.5 Å². The molecule has 0 aliphatic rings. The van der Waals surface area contributed by atoms with E-state index in [-0.39, 0.29) is 12.0 Å². The predicted octanol–water partition coefficient (Wildman–Crippen LogP) is 3.63. The van der Waals surface area contributed by atoms with Gasteiger partial charge in [-0.05, 0) is 50.8 Å². The Labute approximate surface area is 132 Å². The summed E-state index contributed by atoms with van der Waals surface area (Å²) in [5, 5.41) is 4.02. The number of hydrogen-bond donors (Lipinski definition) is 1. The fourth-order valence-corrected chi connectivity index (χ4v) is 1.93. The molecule has 0 spiro atoms. The topological polar surface area (TPSA) is 59.9 Å². The summed E-state index contributed by atoms with van der Waals surface area (Å²) in [4.78, 5) is 12.1. The molecule has 0 unspecified atom stereocenters. The van der Waals surface area contributed by atoms with Crippen LogP contribution in [0.4, 0.5) is 0 Å². The number of hydrazone groups is 1. The molecule has 22 heavy (non-hydrogen) atoms. The van der Waals surface area contributed by atoms with Gasteiger partial charge in [0.2, 0.25) is 0 Å². The number of amides is 1. The smallest absolute Gasteiger partial charge is 0.271 e. The summed E-state index contributed by atoms with van der Waals surface area (Å²) in [6, 6.07) is 5.08. The Kier molecular flexibility index (Phi) is 7.43. The number of methoxy groups -OCH3 is 1. The highest BCUT2D eigenvalue weighted by Crippen LogP contribution is 2.28. The number of rotatable bonds is 8. The van der Waals surface area contributed by atoms with Gasteiger partial charge in [-0.25, -0.2) is 5.43 Å². The number of carbonyl (C=O) groups is 1. The van der Waals surface area contributed by atoms with Crippen LogP contribution in [0, 0.1) is 5.92 Å². The maximum atomic E-state index is 12.1. The first-order chi connectivity index (χ1) is 10.5. The third-order valence-electron chi connectivity index (χ3n) is 3.29. The third-order valence-corrected chi connectivity index (χ3v) is 3.29. The minimum absolute atomic E-state index is 0.0400. The molecule has 0 saturated heterocycles. The maximum Gasteiger partial charge on any atom is 0.271 e. The lowest BCUT2D eigenvalue weighted by Gasteiger charge is -2.14. The molecule has 1 amide bonds. The third kappa shape index (κ3) is 5.39. The molecule has 0 aliphatic carbocycles. The highest BCUT2D eigenvalue weighted by Gasteiger charge is 2.11. The van der Waals surface area contributed by atoms with Gasteiger partial charge in [0.15, 0.2) is 11.5 Å². The van der Waals surface area contributed by atoms with E-state index in [9.17, 15) is 4.79 Å². The van der Waals surface area contributed by atoms with E-state index in [0.717, 1.165) is 12.8 Å². The number of nitrogens with one attached hydrogen (secondary N) is 1. The zero-order valence-electron chi connectivity index (χ0n) is 14.1. The standard InChI is InChI=1S/C17H26N2O3/c1-6-13(7-2)11-18-19-17(20)14-8-9-15(22-12(3)4)16(10-14)21-5/h8-13H,6-7H2,1-5H3,(H,19,20)/b18-11-. The highest BCUT2D eigenvalue weighted by atomic mass is 16.5. The number of carbonyl (C=O) groups excluding carboxylic acids is 1.